The van der Waals surface area contributed by atoms with E-state index in [0.29, 0.717) is 18.6 Å². The number of aliphatic hydroxyl groups excluding tert-OH is 1. The first-order chi connectivity index (χ1) is 11.8. The van der Waals surface area contributed by atoms with E-state index in [0.717, 1.165) is 31.3 Å². The van der Waals surface area contributed by atoms with Crippen LogP contribution >= 0.6 is 0 Å². The van der Waals surface area contributed by atoms with E-state index in [1.165, 1.54) is 0 Å². The van der Waals surface area contributed by atoms with Crippen LogP contribution in [0.15, 0.2) is 16.8 Å². The fourth-order valence-electron chi connectivity index (χ4n) is 6.54. The Kier molecular flexibility index (Phi) is 3.64. The first-order valence-electron chi connectivity index (χ1n) is 9.33. The minimum absolute atomic E-state index is 0.00597. The molecule has 0 spiro atoms. The number of rotatable bonds is 1. The molecule has 3 saturated carbocycles. The highest BCUT2D eigenvalue weighted by molar-refractivity contribution is 5.92. The number of nitrogens with zero attached hydrogens (tertiary/aromatic N) is 3. The summed E-state index contributed by atoms with van der Waals surface area (Å²) < 4.78 is 0. The van der Waals surface area contributed by atoms with Gasteiger partial charge in [-0.1, -0.05) is 19.0 Å². The predicted octanol–water partition coefficient (Wildman–Crippen LogP) is 3.35. The normalized spacial score (nSPS) is 48.8. The zero-order chi connectivity index (χ0) is 18.0. The molecular weight excluding hydrogens is 318 g/mol. The lowest BCUT2D eigenvalue weighted by atomic mass is 9.46. The van der Waals surface area contributed by atoms with Gasteiger partial charge in [0, 0.05) is 23.2 Å². The van der Waals surface area contributed by atoms with Crippen LogP contribution in [0.4, 0.5) is 0 Å². The monoisotopic (exact) mass is 343 g/mol. The third-order valence-electron chi connectivity index (χ3n) is 7.95. The van der Waals surface area contributed by atoms with Crippen molar-refractivity contribution in [3.63, 3.8) is 0 Å². The smallest absolute Gasteiger partial charge is 0.155 e. The van der Waals surface area contributed by atoms with E-state index in [1.54, 1.807) is 6.08 Å². The number of fused-ring (bicyclic) bond motifs is 5. The molecule has 4 rings (SSSR count). The maximum absolute atomic E-state index is 12.5. The lowest BCUT2D eigenvalue weighted by molar-refractivity contribution is -0.136. The Morgan fingerprint density at radius 2 is 1.88 bits per heavy atom. The van der Waals surface area contributed by atoms with E-state index in [1.807, 2.05) is 0 Å². The summed E-state index contributed by atoms with van der Waals surface area (Å²) in [5, 5.41) is 15.0. The first-order valence-corrected chi connectivity index (χ1v) is 9.33. The lowest BCUT2D eigenvalue weighted by Gasteiger charge is -2.59. The van der Waals surface area contributed by atoms with Crippen molar-refractivity contribution in [3.8, 4) is 0 Å². The average Bonchev–Trinajstić information content (AvgIpc) is 2.88. The Morgan fingerprint density at radius 3 is 2.60 bits per heavy atom. The third kappa shape index (κ3) is 2.10. The van der Waals surface area contributed by atoms with E-state index < -0.39 is 12.1 Å². The van der Waals surface area contributed by atoms with Gasteiger partial charge in [0.15, 0.2) is 5.78 Å². The summed E-state index contributed by atoms with van der Waals surface area (Å²) in [6.45, 7) is 4.21. The number of ketones is 2. The van der Waals surface area contributed by atoms with Crippen molar-refractivity contribution in [2.24, 2.45) is 33.7 Å². The van der Waals surface area contributed by atoms with Gasteiger partial charge in [-0.25, -0.2) is 0 Å². The molecule has 4 aliphatic rings. The Hall–Kier alpha value is -1.65. The van der Waals surface area contributed by atoms with Crippen LogP contribution in [0.2, 0.25) is 0 Å². The number of azide groups is 1. The zero-order valence-corrected chi connectivity index (χ0v) is 14.8. The van der Waals surface area contributed by atoms with Gasteiger partial charge in [0.05, 0.1) is 12.1 Å². The van der Waals surface area contributed by atoms with Gasteiger partial charge in [0.1, 0.15) is 5.78 Å². The highest BCUT2D eigenvalue weighted by atomic mass is 16.3. The van der Waals surface area contributed by atoms with Gasteiger partial charge in [0.25, 0.3) is 0 Å². The van der Waals surface area contributed by atoms with Crippen LogP contribution in [0, 0.1) is 28.6 Å². The molecule has 0 amide bonds. The van der Waals surface area contributed by atoms with Crippen molar-refractivity contribution < 1.29 is 14.7 Å². The van der Waals surface area contributed by atoms with Crippen molar-refractivity contribution in [2.45, 2.75) is 64.5 Å². The molecule has 134 valence electrons. The standard InChI is InChI=1S/C19H25N3O3/c1-18-7-5-10(23)9-13(18)17(25)16(21-22-20)15-11-3-4-14(24)19(11,2)8-6-12(15)18/h9,11-12,15-17,25H,3-8H2,1-2H3/t11?,12?,15?,16?,17-,18+,19-/m0/s1. The van der Waals surface area contributed by atoms with Crippen LogP contribution in [0.25, 0.3) is 10.4 Å². The van der Waals surface area contributed by atoms with E-state index in [4.69, 9.17) is 5.53 Å². The predicted molar refractivity (Wildman–Crippen MR) is 91.4 cm³/mol. The molecular formula is C19H25N3O3. The summed E-state index contributed by atoms with van der Waals surface area (Å²) in [4.78, 5) is 27.5. The van der Waals surface area contributed by atoms with E-state index in [9.17, 15) is 14.7 Å². The van der Waals surface area contributed by atoms with Crippen molar-refractivity contribution >= 4 is 11.6 Å². The maximum Gasteiger partial charge on any atom is 0.155 e. The largest absolute Gasteiger partial charge is 0.388 e. The number of carbonyl (C=O) groups is 2. The van der Waals surface area contributed by atoms with E-state index in [2.05, 4.69) is 23.9 Å². The Labute approximate surface area is 147 Å². The number of hydrogen-bond donors (Lipinski definition) is 1. The SMILES string of the molecule is C[C@]12CCC(=O)C=C1[C@H](O)C(N=[N+]=[N-])C1C2CC[C@]2(C)C(=O)CCC12. The molecule has 4 unspecified atom stereocenters. The molecule has 6 nitrogen and oxygen atoms in total. The lowest BCUT2D eigenvalue weighted by Crippen LogP contribution is -2.59. The number of carbonyl (C=O) groups excluding carboxylic acids is 2. The average molecular weight is 343 g/mol. The number of Topliss-reactive ketones (excluding diaryl/α,β-unsaturated/α-hetero) is 1. The molecule has 25 heavy (non-hydrogen) atoms. The highest BCUT2D eigenvalue weighted by Gasteiger charge is 2.63. The summed E-state index contributed by atoms with van der Waals surface area (Å²) >= 11 is 0. The first kappa shape index (κ1) is 16.8. The Balaban J connectivity index is 1.85. The minimum Gasteiger partial charge on any atom is -0.388 e. The van der Waals surface area contributed by atoms with E-state index in [-0.39, 0.29) is 34.4 Å². The molecule has 6 heteroatoms. The van der Waals surface area contributed by atoms with Gasteiger partial charge in [-0.3, -0.25) is 9.59 Å². The summed E-state index contributed by atoms with van der Waals surface area (Å²) in [5.74, 6) is 0.762. The van der Waals surface area contributed by atoms with Crippen molar-refractivity contribution in [3.05, 3.63) is 22.1 Å². The molecule has 0 aromatic carbocycles. The van der Waals surface area contributed by atoms with Crippen LogP contribution in [-0.4, -0.2) is 28.8 Å². The molecule has 7 atom stereocenters. The topological polar surface area (TPSA) is 103 Å². The van der Waals surface area contributed by atoms with Gasteiger partial charge in [-0.2, -0.15) is 0 Å². The maximum atomic E-state index is 12.5. The molecule has 4 aliphatic carbocycles. The fourth-order valence-corrected chi connectivity index (χ4v) is 6.54. The van der Waals surface area contributed by atoms with Crippen LogP contribution in [-0.2, 0) is 9.59 Å². The molecule has 0 radical (unpaired) electrons. The Bertz CT molecular complexity index is 725. The second-order valence-electron chi connectivity index (χ2n) is 8.83. The van der Waals surface area contributed by atoms with E-state index >= 15 is 0 Å². The quantitative estimate of drug-likeness (QED) is 0.448. The van der Waals surface area contributed by atoms with Gasteiger partial charge >= 0.3 is 0 Å². The molecule has 0 aromatic heterocycles. The zero-order valence-electron chi connectivity index (χ0n) is 14.8. The van der Waals surface area contributed by atoms with Crippen LogP contribution < -0.4 is 0 Å². The number of aliphatic hydroxyl groups is 1. The fraction of sp³-hybridized carbons (Fsp3) is 0.789. The van der Waals surface area contributed by atoms with Crippen LogP contribution in [0.5, 0.6) is 0 Å². The van der Waals surface area contributed by atoms with Crippen molar-refractivity contribution in [2.75, 3.05) is 0 Å². The van der Waals surface area contributed by atoms with Crippen molar-refractivity contribution in [1.29, 1.82) is 0 Å². The second-order valence-corrected chi connectivity index (χ2v) is 8.83. The highest BCUT2D eigenvalue weighted by Crippen LogP contribution is 2.64. The van der Waals surface area contributed by atoms with Gasteiger partial charge in [0.2, 0.25) is 0 Å². The molecule has 0 heterocycles. The van der Waals surface area contributed by atoms with Crippen LogP contribution in [0.1, 0.15) is 52.4 Å². The van der Waals surface area contributed by atoms with Gasteiger partial charge in [-0.05, 0) is 66.0 Å². The van der Waals surface area contributed by atoms with Gasteiger partial charge < -0.3 is 5.11 Å². The van der Waals surface area contributed by atoms with Crippen LogP contribution in [0.3, 0.4) is 0 Å². The minimum atomic E-state index is -0.926. The van der Waals surface area contributed by atoms with Gasteiger partial charge in [-0.15, -0.1) is 0 Å². The summed E-state index contributed by atoms with van der Waals surface area (Å²) in [7, 11) is 0. The summed E-state index contributed by atoms with van der Waals surface area (Å²) in [5.41, 5.74) is 9.24. The molecule has 0 saturated heterocycles. The molecule has 1 N–H and O–H groups in total. The third-order valence-corrected chi connectivity index (χ3v) is 7.95. The molecule has 3 fully saturated rings. The molecule has 0 aliphatic heterocycles. The van der Waals surface area contributed by atoms with Crippen molar-refractivity contribution in [1.82, 2.24) is 0 Å². The number of hydrogen-bond acceptors (Lipinski definition) is 4. The Morgan fingerprint density at radius 1 is 1.16 bits per heavy atom. The summed E-state index contributed by atoms with van der Waals surface area (Å²) in [6.07, 6.45) is 5.04. The molecule has 0 aromatic rings. The second kappa shape index (κ2) is 5.42. The molecule has 0 bridgehead atoms. The summed E-state index contributed by atoms with van der Waals surface area (Å²) in [6, 6.07) is -0.587.